The number of benzene rings is 1. The van der Waals surface area contributed by atoms with Crippen molar-refractivity contribution in [1.29, 1.82) is 0 Å². The summed E-state index contributed by atoms with van der Waals surface area (Å²) in [6.07, 6.45) is 2.56. The second kappa shape index (κ2) is 4.87. The molecule has 0 aliphatic heterocycles. The van der Waals surface area contributed by atoms with Crippen LogP contribution in [0.5, 0.6) is 0 Å². The summed E-state index contributed by atoms with van der Waals surface area (Å²) in [6.45, 7) is 4.26. The monoisotopic (exact) mass is 288 g/mol. The van der Waals surface area contributed by atoms with Gasteiger partial charge in [-0.05, 0) is 12.0 Å². The molecule has 2 heterocycles. The zero-order chi connectivity index (χ0) is 13.4. The van der Waals surface area contributed by atoms with Gasteiger partial charge in [0, 0.05) is 16.3 Å². The Balaban J connectivity index is 2.24. The molecule has 3 rings (SSSR count). The normalized spacial score (nSPS) is 11.4. The fourth-order valence-electron chi connectivity index (χ4n) is 1.88. The highest BCUT2D eigenvalue weighted by atomic mass is 35.5. The number of hydrogen-bond donors (Lipinski definition) is 0. The molecule has 0 unspecified atom stereocenters. The van der Waals surface area contributed by atoms with E-state index in [1.54, 1.807) is 11.3 Å². The molecular weight excluding hydrogens is 278 g/mol. The van der Waals surface area contributed by atoms with Gasteiger partial charge in [-0.25, -0.2) is 15.0 Å². The van der Waals surface area contributed by atoms with Gasteiger partial charge >= 0.3 is 0 Å². The SMILES string of the molecule is CC(C)c1csc(-c2cccc3n[c]nc(Cl)c23)n1. The molecule has 0 amide bonds. The number of hydrogen-bond acceptors (Lipinski definition) is 4. The van der Waals surface area contributed by atoms with Crippen molar-refractivity contribution in [3.05, 3.63) is 40.8 Å². The largest absolute Gasteiger partial charge is 0.241 e. The molecule has 0 atom stereocenters. The Morgan fingerprint density at radius 3 is 2.84 bits per heavy atom. The van der Waals surface area contributed by atoms with Gasteiger partial charge in [-0.1, -0.05) is 37.6 Å². The fourth-order valence-corrected chi connectivity index (χ4v) is 3.13. The molecule has 19 heavy (non-hydrogen) atoms. The zero-order valence-electron chi connectivity index (χ0n) is 10.5. The van der Waals surface area contributed by atoms with Crippen LogP contribution in [0.15, 0.2) is 23.6 Å². The second-order valence-electron chi connectivity index (χ2n) is 4.55. The third-order valence-corrected chi connectivity index (χ3v) is 4.08. The molecule has 1 aromatic carbocycles. The Hall–Kier alpha value is -1.52. The molecule has 5 heteroatoms. The quantitative estimate of drug-likeness (QED) is 0.659. The number of rotatable bonds is 2. The Morgan fingerprint density at radius 2 is 2.11 bits per heavy atom. The highest BCUT2D eigenvalue weighted by Crippen LogP contribution is 2.34. The van der Waals surface area contributed by atoms with E-state index in [2.05, 4.69) is 40.5 Å². The fraction of sp³-hybridized carbons (Fsp3) is 0.214. The number of fused-ring (bicyclic) bond motifs is 1. The predicted molar refractivity (Wildman–Crippen MR) is 78.6 cm³/mol. The summed E-state index contributed by atoms with van der Waals surface area (Å²) in [5, 5.41) is 4.29. The van der Waals surface area contributed by atoms with Crippen molar-refractivity contribution in [2.75, 3.05) is 0 Å². The van der Waals surface area contributed by atoms with E-state index in [1.165, 1.54) is 0 Å². The third-order valence-electron chi connectivity index (χ3n) is 2.91. The van der Waals surface area contributed by atoms with E-state index in [-0.39, 0.29) is 0 Å². The summed E-state index contributed by atoms with van der Waals surface area (Å²) in [4.78, 5) is 12.7. The lowest BCUT2D eigenvalue weighted by atomic mass is 10.1. The smallest absolute Gasteiger partial charge is 0.199 e. The van der Waals surface area contributed by atoms with E-state index in [1.807, 2.05) is 18.2 Å². The van der Waals surface area contributed by atoms with Crippen molar-refractivity contribution < 1.29 is 0 Å². The van der Waals surface area contributed by atoms with Crippen molar-refractivity contribution in [2.45, 2.75) is 19.8 Å². The van der Waals surface area contributed by atoms with Crippen molar-refractivity contribution in [1.82, 2.24) is 15.0 Å². The summed E-state index contributed by atoms with van der Waals surface area (Å²) < 4.78 is 0. The van der Waals surface area contributed by atoms with E-state index < -0.39 is 0 Å². The van der Waals surface area contributed by atoms with Crippen LogP contribution in [0.1, 0.15) is 25.5 Å². The topological polar surface area (TPSA) is 38.7 Å². The molecule has 0 spiro atoms. The van der Waals surface area contributed by atoms with Crippen LogP contribution < -0.4 is 0 Å². The first kappa shape index (κ1) is 12.5. The summed E-state index contributed by atoms with van der Waals surface area (Å²) in [5.74, 6) is 0.417. The maximum Gasteiger partial charge on any atom is 0.199 e. The average Bonchev–Trinajstić information content (AvgIpc) is 2.88. The predicted octanol–water partition coefficient (Wildman–Crippen LogP) is 4.33. The van der Waals surface area contributed by atoms with Gasteiger partial charge in [0.25, 0.3) is 0 Å². The molecule has 0 aliphatic carbocycles. The minimum Gasteiger partial charge on any atom is -0.241 e. The maximum absolute atomic E-state index is 6.18. The number of aromatic nitrogens is 3. The lowest BCUT2D eigenvalue weighted by Crippen LogP contribution is -1.89. The van der Waals surface area contributed by atoms with Crippen molar-refractivity contribution in [3.63, 3.8) is 0 Å². The van der Waals surface area contributed by atoms with Crippen LogP contribution in [0.3, 0.4) is 0 Å². The first-order valence-corrected chi connectivity index (χ1v) is 7.20. The summed E-state index contributed by atoms with van der Waals surface area (Å²) in [6, 6.07) is 5.85. The molecule has 1 radical (unpaired) electrons. The number of thiazole rings is 1. The van der Waals surface area contributed by atoms with E-state index in [0.29, 0.717) is 11.1 Å². The zero-order valence-corrected chi connectivity index (χ0v) is 12.1. The first-order valence-electron chi connectivity index (χ1n) is 5.95. The van der Waals surface area contributed by atoms with E-state index in [0.717, 1.165) is 27.2 Å². The van der Waals surface area contributed by atoms with Gasteiger partial charge in [0.1, 0.15) is 10.2 Å². The van der Waals surface area contributed by atoms with Crippen molar-refractivity contribution in [2.24, 2.45) is 0 Å². The molecule has 0 fully saturated rings. The van der Waals surface area contributed by atoms with E-state index >= 15 is 0 Å². The van der Waals surface area contributed by atoms with Gasteiger partial charge in [-0.2, -0.15) is 0 Å². The standard InChI is InChI=1S/C14H11ClN3S/c1-8(2)11-6-19-14(18-11)9-4-3-5-10-12(9)13(15)17-7-16-10/h3-6,8H,1-2H3. The molecule has 95 valence electrons. The van der Waals surface area contributed by atoms with Crippen LogP contribution in [0.25, 0.3) is 21.5 Å². The van der Waals surface area contributed by atoms with Gasteiger partial charge in [0.2, 0.25) is 0 Å². The van der Waals surface area contributed by atoms with Gasteiger partial charge < -0.3 is 0 Å². The summed E-state index contributed by atoms with van der Waals surface area (Å²) >= 11 is 7.79. The first-order chi connectivity index (χ1) is 9.16. The van der Waals surface area contributed by atoms with E-state index in [4.69, 9.17) is 11.6 Å². The average molecular weight is 289 g/mol. The highest BCUT2D eigenvalue weighted by molar-refractivity contribution is 7.13. The van der Waals surface area contributed by atoms with Crippen LogP contribution in [0.2, 0.25) is 5.15 Å². The van der Waals surface area contributed by atoms with Gasteiger partial charge in [-0.3, -0.25) is 0 Å². The molecule has 0 saturated carbocycles. The number of nitrogens with zero attached hydrogens (tertiary/aromatic N) is 3. The molecule has 0 saturated heterocycles. The summed E-state index contributed by atoms with van der Waals surface area (Å²) in [5.41, 5.74) is 2.86. The summed E-state index contributed by atoms with van der Waals surface area (Å²) in [7, 11) is 0. The van der Waals surface area contributed by atoms with Crippen LogP contribution in [0, 0.1) is 6.33 Å². The Bertz CT molecular complexity index is 731. The molecule has 3 aromatic rings. The van der Waals surface area contributed by atoms with Crippen LogP contribution >= 0.6 is 22.9 Å². The minimum atomic E-state index is 0.417. The van der Waals surface area contributed by atoms with Crippen LogP contribution in [-0.2, 0) is 0 Å². The van der Waals surface area contributed by atoms with Gasteiger partial charge in [0.15, 0.2) is 6.33 Å². The highest BCUT2D eigenvalue weighted by Gasteiger charge is 2.13. The van der Waals surface area contributed by atoms with Crippen LogP contribution in [0.4, 0.5) is 0 Å². The Labute approximate surface area is 120 Å². The Morgan fingerprint density at radius 1 is 1.26 bits per heavy atom. The van der Waals surface area contributed by atoms with E-state index in [9.17, 15) is 0 Å². The van der Waals surface area contributed by atoms with Crippen molar-refractivity contribution in [3.8, 4) is 10.6 Å². The van der Waals surface area contributed by atoms with Gasteiger partial charge in [0.05, 0.1) is 11.2 Å². The second-order valence-corrected chi connectivity index (χ2v) is 5.76. The lowest BCUT2D eigenvalue weighted by molar-refractivity contribution is 0.834. The van der Waals surface area contributed by atoms with Crippen LogP contribution in [-0.4, -0.2) is 15.0 Å². The molecule has 3 nitrogen and oxygen atoms in total. The number of halogens is 1. The van der Waals surface area contributed by atoms with Crippen molar-refractivity contribution >= 4 is 33.8 Å². The lowest BCUT2D eigenvalue weighted by Gasteiger charge is -2.04. The Kier molecular flexibility index (Phi) is 3.21. The maximum atomic E-state index is 6.18. The molecule has 0 bridgehead atoms. The molecule has 2 aromatic heterocycles. The minimum absolute atomic E-state index is 0.417. The molecule has 0 aliphatic rings. The molecular formula is C14H11ClN3S. The third kappa shape index (κ3) is 2.22. The van der Waals surface area contributed by atoms with Gasteiger partial charge in [-0.15, -0.1) is 11.3 Å². The molecule has 0 N–H and O–H groups in total.